The molecule has 1 aliphatic heterocycles. The van der Waals surface area contributed by atoms with Crippen LogP contribution in [-0.4, -0.2) is 42.6 Å². The van der Waals surface area contributed by atoms with Gasteiger partial charge in [0.15, 0.2) is 0 Å². The van der Waals surface area contributed by atoms with Gasteiger partial charge in [0, 0.05) is 25.2 Å². The molecule has 0 bridgehead atoms. The van der Waals surface area contributed by atoms with Gasteiger partial charge in [0.25, 0.3) is 0 Å². The Kier molecular flexibility index (Phi) is 5.74. The van der Waals surface area contributed by atoms with E-state index in [9.17, 15) is 0 Å². The number of fused-ring (bicyclic) bond motifs is 1. The first kappa shape index (κ1) is 14.9. The highest BCUT2D eigenvalue weighted by Gasteiger charge is 2.20. The summed E-state index contributed by atoms with van der Waals surface area (Å²) in [4.78, 5) is 2.50. The van der Waals surface area contributed by atoms with Crippen molar-refractivity contribution in [1.82, 2.24) is 10.2 Å². The van der Waals surface area contributed by atoms with E-state index >= 15 is 0 Å². The number of likely N-dealkylation sites (N-methyl/N-ethyl adjacent to an activating group) is 1. The first-order chi connectivity index (χ1) is 9.20. The number of thioether (sulfide) groups is 1. The molecule has 0 saturated carbocycles. The molecule has 1 aromatic rings. The molecular weight excluding hydrogens is 252 g/mol. The second kappa shape index (κ2) is 7.32. The lowest BCUT2D eigenvalue weighted by Crippen LogP contribution is -2.46. The van der Waals surface area contributed by atoms with Crippen molar-refractivity contribution in [2.24, 2.45) is 0 Å². The molecule has 0 aromatic heterocycles. The zero-order valence-electron chi connectivity index (χ0n) is 12.4. The Bertz CT molecular complexity index is 394. The molecule has 2 atom stereocenters. The molecule has 0 aliphatic carbocycles. The van der Waals surface area contributed by atoms with Crippen molar-refractivity contribution in [2.45, 2.75) is 38.4 Å². The highest BCUT2D eigenvalue weighted by atomic mass is 32.2. The Morgan fingerprint density at radius 3 is 2.84 bits per heavy atom. The number of nitrogens with one attached hydrogen (secondary N) is 1. The van der Waals surface area contributed by atoms with Gasteiger partial charge in [0.1, 0.15) is 0 Å². The Morgan fingerprint density at radius 1 is 1.37 bits per heavy atom. The summed E-state index contributed by atoms with van der Waals surface area (Å²) in [6.07, 6.45) is 4.63. The van der Waals surface area contributed by atoms with Crippen LogP contribution in [0.4, 0.5) is 0 Å². The van der Waals surface area contributed by atoms with Crippen molar-refractivity contribution in [2.75, 3.05) is 25.6 Å². The molecule has 1 aromatic carbocycles. The topological polar surface area (TPSA) is 15.3 Å². The second-order valence-corrected chi connectivity index (χ2v) is 6.61. The Hall–Kier alpha value is -0.510. The van der Waals surface area contributed by atoms with Crippen LogP contribution >= 0.6 is 11.8 Å². The summed E-state index contributed by atoms with van der Waals surface area (Å²) in [6, 6.07) is 10.1. The first-order valence-corrected chi connectivity index (χ1v) is 8.59. The van der Waals surface area contributed by atoms with Crippen LogP contribution < -0.4 is 5.32 Å². The summed E-state index contributed by atoms with van der Waals surface area (Å²) in [7, 11) is 2.26. The van der Waals surface area contributed by atoms with Crippen LogP contribution in [0, 0.1) is 0 Å². The summed E-state index contributed by atoms with van der Waals surface area (Å²) in [6.45, 7) is 4.50. The van der Waals surface area contributed by atoms with Gasteiger partial charge in [-0.1, -0.05) is 24.3 Å². The summed E-state index contributed by atoms with van der Waals surface area (Å²) in [5.74, 6) is 1.26. The van der Waals surface area contributed by atoms with Gasteiger partial charge in [-0.15, -0.1) is 0 Å². The predicted molar refractivity (Wildman–Crippen MR) is 85.9 cm³/mol. The standard InChI is InChI=1S/C16H26N2S/c1-13(8-9-19-3)18(2)12-16-10-14-6-4-5-7-15(14)11-17-16/h4-7,13,16-17H,8-12H2,1-3H3. The van der Waals surface area contributed by atoms with Crippen LogP contribution in [0.5, 0.6) is 0 Å². The number of benzene rings is 1. The third kappa shape index (κ3) is 4.23. The van der Waals surface area contributed by atoms with E-state index in [4.69, 9.17) is 0 Å². The van der Waals surface area contributed by atoms with Crippen molar-refractivity contribution in [3.8, 4) is 0 Å². The third-order valence-corrected chi connectivity index (χ3v) is 4.81. The van der Waals surface area contributed by atoms with E-state index in [1.165, 1.54) is 23.3 Å². The minimum absolute atomic E-state index is 0.594. The summed E-state index contributed by atoms with van der Waals surface area (Å²) < 4.78 is 0. The minimum atomic E-state index is 0.594. The van der Waals surface area contributed by atoms with E-state index in [0.29, 0.717) is 12.1 Å². The van der Waals surface area contributed by atoms with Crippen LogP contribution in [0.3, 0.4) is 0 Å². The lowest BCUT2D eigenvalue weighted by Gasteiger charge is -2.32. The lowest BCUT2D eigenvalue weighted by molar-refractivity contribution is 0.220. The maximum Gasteiger partial charge on any atom is 0.0238 e. The minimum Gasteiger partial charge on any atom is -0.308 e. The zero-order chi connectivity index (χ0) is 13.7. The fraction of sp³-hybridized carbons (Fsp3) is 0.625. The summed E-state index contributed by atoms with van der Waals surface area (Å²) in [5, 5.41) is 3.67. The van der Waals surface area contributed by atoms with Crippen LogP contribution in [0.25, 0.3) is 0 Å². The van der Waals surface area contributed by atoms with Crippen molar-refractivity contribution in [3.63, 3.8) is 0 Å². The maximum atomic E-state index is 3.67. The Balaban J connectivity index is 1.84. The smallest absolute Gasteiger partial charge is 0.0238 e. The van der Waals surface area contributed by atoms with Crippen LogP contribution in [-0.2, 0) is 13.0 Å². The van der Waals surface area contributed by atoms with Gasteiger partial charge in [0.05, 0.1) is 0 Å². The van der Waals surface area contributed by atoms with Crippen LogP contribution in [0.2, 0.25) is 0 Å². The number of hydrogen-bond donors (Lipinski definition) is 1. The van der Waals surface area contributed by atoms with Crippen LogP contribution in [0.1, 0.15) is 24.5 Å². The molecule has 1 aliphatic rings. The summed E-state index contributed by atoms with van der Waals surface area (Å²) in [5.41, 5.74) is 2.99. The zero-order valence-corrected chi connectivity index (χ0v) is 13.2. The molecule has 1 N–H and O–H groups in total. The molecule has 0 amide bonds. The van der Waals surface area contributed by atoms with Gasteiger partial charge in [-0.05, 0) is 49.9 Å². The van der Waals surface area contributed by atoms with Gasteiger partial charge in [-0.25, -0.2) is 0 Å². The third-order valence-electron chi connectivity index (χ3n) is 4.17. The molecule has 1 heterocycles. The Morgan fingerprint density at radius 2 is 2.11 bits per heavy atom. The van der Waals surface area contributed by atoms with E-state index in [2.05, 4.69) is 54.7 Å². The van der Waals surface area contributed by atoms with Gasteiger partial charge >= 0.3 is 0 Å². The SMILES string of the molecule is CSCCC(C)N(C)CC1Cc2ccccc2CN1. The number of nitrogens with zero attached hydrogens (tertiary/aromatic N) is 1. The largest absolute Gasteiger partial charge is 0.308 e. The molecule has 19 heavy (non-hydrogen) atoms. The Labute approximate surface area is 122 Å². The predicted octanol–water partition coefficient (Wildman–Crippen LogP) is 2.77. The molecule has 2 rings (SSSR count). The highest BCUT2D eigenvalue weighted by Crippen LogP contribution is 2.17. The highest BCUT2D eigenvalue weighted by molar-refractivity contribution is 7.98. The molecule has 0 fully saturated rings. The summed E-state index contributed by atoms with van der Waals surface area (Å²) >= 11 is 1.94. The van der Waals surface area contributed by atoms with Gasteiger partial charge < -0.3 is 10.2 Å². The van der Waals surface area contributed by atoms with Crippen LogP contribution in [0.15, 0.2) is 24.3 Å². The van der Waals surface area contributed by atoms with Crippen molar-refractivity contribution in [3.05, 3.63) is 35.4 Å². The van der Waals surface area contributed by atoms with E-state index in [1.54, 1.807) is 0 Å². The van der Waals surface area contributed by atoms with Gasteiger partial charge in [-0.2, -0.15) is 11.8 Å². The van der Waals surface area contributed by atoms with E-state index < -0.39 is 0 Å². The van der Waals surface area contributed by atoms with Crippen molar-refractivity contribution in [1.29, 1.82) is 0 Å². The maximum absolute atomic E-state index is 3.67. The lowest BCUT2D eigenvalue weighted by atomic mass is 9.95. The van der Waals surface area contributed by atoms with Gasteiger partial charge in [0.2, 0.25) is 0 Å². The first-order valence-electron chi connectivity index (χ1n) is 7.20. The van der Waals surface area contributed by atoms with E-state index in [0.717, 1.165) is 19.5 Å². The van der Waals surface area contributed by atoms with Crippen molar-refractivity contribution < 1.29 is 0 Å². The molecular formula is C16H26N2S. The normalized spacial score (nSPS) is 20.3. The number of hydrogen-bond acceptors (Lipinski definition) is 3. The second-order valence-electron chi connectivity index (χ2n) is 5.62. The number of rotatable bonds is 6. The molecule has 0 spiro atoms. The van der Waals surface area contributed by atoms with Gasteiger partial charge in [-0.3, -0.25) is 0 Å². The molecule has 2 nitrogen and oxygen atoms in total. The average Bonchev–Trinajstić information content (AvgIpc) is 2.44. The molecule has 0 saturated heterocycles. The van der Waals surface area contributed by atoms with Crippen molar-refractivity contribution >= 4 is 11.8 Å². The van der Waals surface area contributed by atoms with E-state index in [1.807, 2.05) is 11.8 Å². The quantitative estimate of drug-likeness (QED) is 0.861. The molecule has 106 valence electrons. The average molecular weight is 278 g/mol. The van der Waals surface area contributed by atoms with E-state index in [-0.39, 0.29) is 0 Å². The fourth-order valence-electron chi connectivity index (χ4n) is 2.69. The monoisotopic (exact) mass is 278 g/mol. The fourth-order valence-corrected chi connectivity index (χ4v) is 3.26. The molecule has 3 heteroatoms. The molecule has 0 radical (unpaired) electrons. The molecule has 2 unspecified atom stereocenters.